The van der Waals surface area contributed by atoms with E-state index in [4.69, 9.17) is 4.74 Å². The number of carbonyl (C=O) groups is 2. The highest BCUT2D eigenvalue weighted by molar-refractivity contribution is 5.85. The molecule has 3 aliphatic rings. The van der Waals surface area contributed by atoms with Gasteiger partial charge in [0, 0.05) is 32.1 Å². The summed E-state index contributed by atoms with van der Waals surface area (Å²) in [6.07, 6.45) is 3.87. The van der Waals surface area contributed by atoms with E-state index in [1.54, 1.807) is 0 Å². The lowest BCUT2D eigenvalue weighted by Crippen LogP contribution is -2.48. The van der Waals surface area contributed by atoms with Gasteiger partial charge >= 0.3 is 0 Å². The quantitative estimate of drug-likeness (QED) is 0.832. The number of amides is 2. The van der Waals surface area contributed by atoms with E-state index in [9.17, 15) is 9.59 Å². The van der Waals surface area contributed by atoms with Crippen LogP contribution in [0.5, 0.6) is 0 Å². The van der Waals surface area contributed by atoms with Crippen molar-refractivity contribution in [3.63, 3.8) is 0 Å². The maximum atomic E-state index is 13.2. The number of nitrogens with zero attached hydrogens (tertiary/aromatic N) is 2. The van der Waals surface area contributed by atoms with E-state index in [0.717, 1.165) is 31.2 Å². The Morgan fingerprint density at radius 3 is 2.15 bits per heavy atom. The monoisotopic (exact) mass is 356 g/mol. The second kappa shape index (κ2) is 7.78. The first-order chi connectivity index (χ1) is 12.7. The van der Waals surface area contributed by atoms with Crippen LogP contribution in [0, 0.1) is 11.8 Å². The first-order valence-electron chi connectivity index (χ1n) is 9.94. The third-order valence-corrected chi connectivity index (χ3v) is 6.00. The molecule has 140 valence electrons. The van der Waals surface area contributed by atoms with Crippen molar-refractivity contribution in [2.24, 2.45) is 11.8 Å². The minimum Gasteiger partial charge on any atom is -0.378 e. The normalized spacial score (nSPS) is 22.9. The molecule has 2 aliphatic heterocycles. The molecule has 1 aromatic rings. The van der Waals surface area contributed by atoms with E-state index < -0.39 is 0 Å². The third-order valence-electron chi connectivity index (χ3n) is 6.00. The number of rotatable bonds is 4. The Morgan fingerprint density at radius 1 is 0.885 bits per heavy atom. The van der Waals surface area contributed by atoms with Gasteiger partial charge in [-0.15, -0.1) is 0 Å². The van der Waals surface area contributed by atoms with Gasteiger partial charge in [-0.3, -0.25) is 9.59 Å². The summed E-state index contributed by atoms with van der Waals surface area (Å²) in [6.45, 7) is 4.10. The Morgan fingerprint density at radius 2 is 1.54 bits per heavy atom. The molecule has 1 aromatic carbocycles. The molecule has 0 radical (unpaired) electrons. The Bertz CT molecular complexity index is 630. The molecule has 1 saturated carbocycles. The van der Waals surface area contributed by atoms with Crippen molar-refractivity contribution >= 4 is 11.8 Å². The van der Waals surface area contributed by atoms with Gasteiger partial charge in [-0.2, -0.15) is 0 Å². The van der Waals surface area contributed by atoms with E-state index in [1.165, 1.54) is 0 Å². The van der Waals surface area contributed by atoms with Gasteiger partial charge < -0.3 is 14.5 Å². The molecule has 0 bridgehead atoms. The Balaban J connectivity index is 1.36. The summed E-state index contributed by atoms with van der Waals surface area (Å²) >= 11 is 0. The first-order valence-corrected chi connectivity index (χ1v) is 9.94. The largest absolute Gasteiger partial charge is 0.378 e. The zero-order chi connectivity index (χ0) is 17.9. The minimum absolute atomic E-state index is 0.00250. The van der Waals surface area contributed by atoms with Crippen molar-refractivity contribution in [3.8, 4) is 0 Å². The van der Waals surface area contributed by atoms with Gasteiger partial charge in [0.15, 0.2) is 0 Å². The number of benzene rings is 1. The number of piperidine rings is 1. The molecule has 5 heteroatoms. The standard InChI is InChI=1S/C21H28N2O3/c24-20(23-12-14-26-15-13-23)18-8-10-22(11-9-18)21(25)19(17-6-7-17)16-4-2-1-3-5-16/h1-5,17-19H,6-15H2/t19-/m0/s1. The predicted molar refractivity (Wildman–Crippen MR) is 98.6 cm³/mol. The average Bonchev–Trinajstić information content (AvgIpc) is 3.54. The molecule has 4 rings (SSSR count). The van der Waals surface area contributed by atoms with Crippen molar-refractivity contribution < 1.29 is 14.3 Å². The summed E-state index contributed by atoms with van der Waals surface area (Å²) in [6, 6.07) is 10.2. The molecule has 0 aromatic heterocycles. The van der Waals surface area contributed by atoms with Crippen LogP contribution in [0.1, 0.15) is 37.2 Å². The molecule has 26 heavy (non-hydrogen) atoms. The van der Waals surface area contributed by atoms with Crippen molar-refractivity contribution in [2.45, 2.75) is 31.6 Å². The Hall–Kier alpha value is -1.88. The van der Waals surface area contributed by atoms with Crippen LogP contribution in [-0.2, 0) is 14.3 Å². The van der Waals surface area contributed by atoms with Crippen LogP contribution in [0.3, 0.4) is 0 Å². The van der Waals surface area contributed by atoms with Crippen molar-refractivity contribution in [1.29, 1.82) is 0 Å². The Kier molecular flexibility index (Phi) is 5.25. The number of morpholine rings is 1. The zero-order valence-corrected chi connectivity index (χ0v) is 15.3. The third kappa shape index (κ3) is 3.78. The number of ether oxygens (including phenoxy) is 1. The van der Waals surface area contributed by atoms with Crippen LogP contribution in [0.15, 0.2) is 30.3 Å². The second-order valence-corrected chi connectivity index (χ2v) is 7.76. The lowest BCUT2D eigenvalue weighted by atomic mass is 9.90. The molecule has 1 aliphatic carbocycles. The molecule has 0 spiro atoms. The fraction of sp³-hybridized carbons (Fsp3) is 0.619. The Labute approximate surface area is 155 Å². The van der Waals surface area contributed by atoms with Gasteiger partial charge in [-0.1, -0.05) is 30.3 Å². The lowest BCUT2D eigenvalue weighted by Gasteiger charge is -2.36. The molecule has 2 amide bonds. The van der Waals surface area contributed by atoms with Crippen LogP contribution in [0.4, 0.5) is 0 Å². The molecular formula is C21H28N2O3. The maximum absolute atomic E-state index is 13.2. The van der Waals surface area contributed by atoms with Crippen LogP contribution >= 0.6 is 0 Å². The summed E-state index contributed by atoms with van der Waals surface area (Å²) in [4.78, 5) is 29.8. The SMILES string of the molecule is O=C(C1CCN(C(=O)[C@@H](c2ccccc2)C2CC2)CC1)N1CCOCC1. The van der Waals surface area contributed by atoms with E-state index in [0.29, 0.717) is 45.3 Å². The molecule has 2 saturated heterocycles. The van der Waals surface area contributed by atoms with Crippen LogP contribution in [0.2, 0.25) is 0 Å². The van der Waals surface area contributed by atoms with Crippen molar-refractivity contribution in [3.05, 3.63) is 35.9 Å². The molecule has 0 unspecified atom stereocenters. The smallest absolute Gasteiger partial charge is 0.230 e. The van der Waals surface area contributed by atoms with Gasteiger partial charge in [0.05, 0.1) is 19.1 Å². The number of likely N-dealkylation sites (tertiary alicyclic amines) is 1. The number of hydrogen-bond acceptors (Lipinski definition) is 3. The minimum atomic E-state index is 0.00250. The van der Waals surface area contributed by atoms with Gasteiger partial charge in [0.25, 0.3) is 0 Å². The van der Waals surface area contributed by atoms with Gasteiger partial charge in [-0.25, -0.2) is 0 Å². The summed E-state index contributed by atoms with van der Waals surface area (Å²) in [7, 11) is 0. The average molecular weight is 356 g/mol. The molecule has 5 nitrogen and oxygen atoms in total. The van der Waals surface area contributed by atoms with Crippen LogP contribution < -0.4 is 0 Å². The molecule has 1 atom stereocenters. The fourth-order valence-electron chi connectivity index (χ4n) is 4.29. The van der Waals surface area contributed by atoms with Gasteiger partial charge in [0.2, 0.25) is 11.8 Å². The molecular weight excluding hydrogens is 328 g/mol. The summed E-state index contributed by atoms with van der Waals surface area (Å²) in [5.41, 5.74) is 1.14. The van der Waals surface area contributed by atoms with Crippen LogP contribution in [-0.4, -0.2) is 61.0 Å². The summed E-state index contributed by atoms with van der Waals surface area (Å²) < 4.78 is 5.34. The number of carbonyl (C=O) groups excluding carboxylic acids is 2. The second-order valence-electron chi connectivity index (χ2n) is 7.76. The van der Waals surface area contributed by atoms with E-state index >= 15 is 0 Å². The first kappa shape index (κ1) is 17.5. The highest BCUT2D eigenvalue weighted by Crippen LogP contribution is 2.44. The predicted octanol–water partition coefficient (Wildman–Crippen LogP) is 2.28. The maximum Gasteiger partial charge on any atom is 0.230 e. The van der Waals surface area contributed by atoms with Crippen molar-refractivity contribution in [1.82, 2.24) is 9.80 Å². The summed E-state index contributed by atoms with van der Waals surface area (Å²) in [5.74, 6) is 1.08. The number of hydrogen-bond donors (Lipinski definition) is 0. The van der Waals surface area contributed by atoms with Gasteiger partial charge in [-0.05, 0) is 37.2 Å². The highest BCUT2D eigenvalue weighted by atomic mass is 16.5. The summed E-state index contributed by atoms with van der Waals surface area (Å²) in [5, 5.41) is 0. The van der Waals surface area contributed by atoms with Crippen LogP contribution in [0.25, 0.3) is 0 Å². The van der Waals surface area contributed by atoms with Crippen molar-refractivity contribution in [2.75, 3.05) is 39.4 Å². The van der Waals surface area contributed by atoms with E-state index in [-0.39, 0.29) is 23.7 Å². The highest BCUT2D eigenvalue weighted by Gasteiger charge is 2.40. The molecule has 3 fully saturated rings. The van der Waals surface area contributed by atoms with E-state index in [1.807, 2.05) is 28.0 Å². The lowest BCUT2D eigenvalue weighted by molar-refractivity contribution is -0.144. The van der Waals surface area contributed by atoms with Gasteiger partial charge in [0.1, 0.15) is 0 Å². The molecule has 2 heterocycles. The topological polar surface area (TPSA) is 49.9 Å². The molecule has 0 N–H and O–H groups in total. The van der Waals surface area contributed by atoms with E-state index in [2.05, 4.69) is 12.1 Å². The fourth-order valence-corrected chi connectivity index (χ4v) is 4.29. The zero-order valence-electron chi connectivity index (χ0n) is 15.3.